The van der Waals surface area contributed by atoms with Crippen LogP contribution in [0.1, 0.15) is 167 Å². The Morgan fingerprint density at radius 3 is 1.03 bits per heavy atom. The lowest BCUT2D eigenvalue weighted by atomic mass is 10.0. The molecule has 200 valence electrons. The highest BCUT2D eigenvalue weighted by Gasteiger charge is 2.05. The maximum Gasteiger partial charge on any atom is 0.0584 e. The van der Waals surface area contributed by atoms with Crippen molar-refractivity contribution in [3.05, 3.63) is 0 Å². The molecule has 0 aromatic carbocycles. The fraction of sp³-hybridized carbons (Fsp3) is 1.00. The average molecular weight is 470 g/mol. The maximum atomic E-state index is 9.29. The normalized spacial score (nSPS) is 12.5. The Morgan fingerprint density at radius 1 is 0.455 bits per heavy atom. The standard InChI is InChI=1S/C30H63NO2/c1-2-3-4-5-6-7-8-9-10-11-12-13-14-15-16-17-18-19-20-21-22-23-24-25-26-30(29-33)31-27-28-32/h30-33H,2-29H2,1H3. The van der Waals surface area contributed by atoms with E-state index in [0.717, 1.165) is 6.42 Å². The summed E-state index contributed by atoms with van der Waals surface area (Å²) >= 11 is 0. The third kappa shape index (κ3) is 28.0. The third-order valence-corrected chi connectivity index (χ3v) is 7.17. The van der Waals surface area contributed by atoms with Gasteiger partial charge in [0, 0.05) is 12.6 Å². The highest BCUT2D eigenvalue weighted by molar-refractivity contribution is 4.65. The summed E-state index contributed by atoms with van der Waals surface area (Å²) < 4.78 is 0. The van der Waals surface area contributed by atoms with Crippen molar-refractivity contribution >= 4 is 0 Å². The summed E-state index contributed by atoms with van der Waals surface area (Å²) in [6.07, 6.45) is 35.2. The summed E-state index contributed by atoms with van der Waals surface area (Å²) in [6, 6.07) is 0.164. The fourth-order valence-electron chi connectivity index (χ4n) is 4.88. The van der Waals surface area contributed by atoms with Crippen molar-refractivity contribution in [1.82, 2.24) is 5.32 Å². The highest BCUT2D eigenvalue weighted by Crippen LogP contribution is 2.16. The molecule has 3 N–H and O–H groups in total. The van der Waals surface area contributed by atoms with E-state index in [1.165, 1.54) is 154 Å². The van der Waals surface area contributed by atoms with Crippen molar-refractivity contribution in [2.24, 2.45) is 0 Å². The number of rotatable bonds is 29. The number of aliphatic hydroxyl groups is 2. The van der Waals surface area contributed by atoms with E-state index in [1.54, 1.807) is 0 Å². The van der Waals surface area contributed by atoms with Gasteiger partial charge in [0.05, 0.1) is 13.2 Å². The van der Waals surface area contributed by atoms with Crippen molar-refractivity contribution in [2.75, 3.05) is 19.8 Å². The molecule has 1 unspecified atom stereocenters. The van der Waals surface area contributed by atoms with E-state index in [1.807, 2.05) is 0 Å². The zero-order chi connectivity index (χ0) is 24.1. The molecule has 0 fully saturated rings. The van der Waals surface area contributed by atoms with Gasteiger partial charge < -0.3 is 15.5 Å². The number of hydrogen-bond acceptors (Lipinski definition) is 3. The maximum absolute atomic E-state index is 9.29. The van der Waals surface area contributed by atoms with Crippen LogP contribution >= 0.6 is 0 Å². The Balaban J connectivity index is 3.09. The second-order valence-corrected chi connectivity index (χ2v) is 10.5. The number of unbranched alkanes of at least 4 members (excludes halogenated alkanes) is 23. The molecule has 0 amide bonds. The molecule has 0 aromatic rings. The summed E-state index contributed by atoms with van der Waals surface area (Å²) in [6.45, 7) is 3.21. The monoisotopic (exact) mass is 469 g/mol. The molecule has 0 radical (unpaired) electrons. The molecule has 0 aliphatic rings. The van der Waals surface area contributed by atoms with Crippen LogP contribution < -0.4 is 5.32 Å². The van der Waals surface area contributed by atoms with E-state index in [-0.39, 0.29) is 19.3 Å². The summed E-state index contributed by atoms with van der Waals surface area (Å²) in [7, 11) is 0. The molecule has 3 heteroatoms. The van der Waals surface area contributed by atoms with Crippen LogP contribution in [-0.2, 0) is 0 Å². The van der Waals surface area contributed by atoms with Crippen LogP contribution in [-0.4, -0.2) is 36.0 Å². The van der Waals surface area contributed by atoms with Gasteiger partial charge in [0.15, 0.2) is 0 Å². The lowest BCUT2D eigenvalue weighted by Crippen LogP contribution is -2.34. The Hall–Kier alpha value is -0.120. The second-order valence-electron chi connectivity index (χ2n) is 10.5. The van der Waals surface area contributed by atoms with Gasteiger partial charge in [-0.15, -0.1) is 0 Å². The first kappa shape index (κ1) is 32.9. The van der Waals surface area contributed by atoms with Crippen LogP contribution in [0.25, 0.3) is 0 Å². The van der Waals surface area contributed by atoms with E-state index >= 15 is 0 Å². The van der Waals surface area contributed by atoms with Gasteiger partial charge in [-0.2, -0.15) is 0 Å². The van der Waals surface area contributed by atoms with Gasteiger partial charge in [-0.1, -0.05) is 161 Å². The quantitative estimate of drug-likeness (QED) is 0.0960. The summed E-state index contributed by atoms with van der Waals surface area (Å²) in [5.41, 5.74) is 0. The van der Waals surface area contributed by atoms with Crippen LogP contribution in [0.2, 0.25) is 0 Å². The van der Waals surface area contributed by atoms with Gasteiger partial charge >= 0.3 is 0 Å². The van der Waals surface area contributed by atoms with E-state index in [9.17, 15) is 5.11 Å². The predicted octanol–water partition coefficient (Wildman–Crippen LogP) is 8.70. The minimum Gasteiger partial charge on any atom is -0.395 e. The molecule has 0 aliphatic heterocycles. The molecule has 0 aliphatic carbocycles. The Labute approximate surface area is 208 Å². The van der Waals surface area contributed by atoms with Gasteiger partial charge in [0.25, 0.3) is 0 Å². The largest absolute Gasteiger partial charge is 0.395 e. The van der Waals surface area contributed by atoms with Crippen molar-refractivity contribution in [2.45, 2.75) is 173 Å². The SMILES string of the molecule is CCCCCCCCCCCCCCCCCCCCCCCCCCC(CO)NCCO. The molecule has 0 saturated heterocycles. The molecule has 0 bridgehead atoms. The molecule has 0 rings (SSSR count). The number of aliphatic hydroxyl groups excluding tert-OH is 2. The molecule has 1 atom stereocenters. The fourth-order valence-corrected chi connectivity index (χ4v) is 4.88. The number of nitrogens with one attached hydrogen (secondary N) is 1. The lowest BCUT2D eigenvalue weighted by molar-refractivity contribution is 0.217. The number of hydrogen-bond donors (Lipinski definition) is 3. The lowest BCUT2D eigenvalue weighted by Gasteiger charge is -2.15. The first-order valence-electron chi connectivity index (χ1n) is 15.3. The molecule has 3 nitrogen and oxygen atoms in total. The van der Waals surface area contributed by atoms with Crippen LogP contribution in [0.5, 0.6) is 0 Å². The summed E-state index contributed by atoms with van der Waals surface area (Å²) in [4.78, 5) is 0. The van der Waals surface area contributed by atoms with E-state index in [4.69, 9.17) is 5.11 Å². The van der Waals surface area contributed by atoms with Crippen molar-refractivity contribution in [3.8, 4) is 0 Å². The van der Waals surface area contributed by atoms with E-state index < -0.39 is 0 Å². The van der Waals surface area contributed by atoms with Gasteiger partial charge in [-0.3, -0.25) is 0 Å². The van der Waals surface area contributed by atoms with Crippen LogP contribution in [0.4, 0.5) is 0 Å². The van der Waals surface area contributed by atoms with Crippen LogP contribution in [0, 0.1) is 0 Å². The topological polar surface area (TPSA) is 52.5 Å². The Bertz CT molecular complexity index is 337. The molecule has 0 heterocycles. The smallest absolute Gasteiger partial charge is 0.0584 e. The van der Waals surface area contributed by atoms with Crippen LogP contribution in [0.3, 0.4) is 0 Å². The average Bonchev–Trinajstić information content (AvgIpc) is 2.83. The first-order valence-corrected chi connectivity index (χ1v) is 15.3. The zero-order valence-electron chi connectivity index (χ0n) is 22.8. The summed E-state index contributed by atoms with van der Waals surface area (Å²) in [5.74, 6) is 0. The summed E-state index contributed by atoms with van der Waals surface area (Å²) in [5, 5.41) is 21.3. The predicted molar refractivity (Wildman–Crippen MR) is 147 cm³/mol. The van der Waals surface area contributed by atoms with E-state index in [0.29, 0.717) is 6.54 Å². The van der Waals surface area contributed by atoms with E-state index in [2.05, 4.69) is 12.2 Å². The van der Waals surface area contributed by atoms with Gasteiger partial charge in [0.2, 0.25) is 0 Å². The molecule has 0 saturated carbocycles. The van der Waals surface area contributed by atoms with Gasteiger partial charge in [-0.25, -0.2) is 0 Å². The molecular weight excluding hydrogens is 406 g/mol. The molecule has 0 spiro atoms. The molecule has 0 aromatic heterocycles. The zero-order valence-corrected chi connectivity index (χ0v) is 22.8. The Kier molecular flexibility index (Phi) is 29.8. The minimum atomic E-state index is 0.149. The Morgan fingerprint density at radius 2 is 0.758 bits per heavy atom. The van der Waals surface area contributed by atoms with Crippen molar-refractivity contribution in [1.29, 1.82) is 0 Å². The van der Waals surface area contributed by atoms with Crippen LogP contribution in [0.15, 0.2) is 0 Å². The van der Waals surface area contributed by atoms with Crippen molar-refractivity contribution < 1.29 is 10.2 Å². The van der Waals surface area contributed by atoms with Gasteiger partial charge in [0.1, 0.15) is 0 Å². The first-order chi connectivity index (χ1) is 16.3. The third-order valence-electron chi connectivity index (χ3n) is 7.17. The molecule has 33 heavy (non-hydrogen) atoms. The molecular formula is C30H63NO2. The van der Waals surface area contributed by atoms with Gasteiger partial charge in [-0.05, 0) is 6.42 Å². The van der Waals surface area contributed by atoms with Crippen molar-refractivity contribution in [3.63, 3.8) is 0 Å². The second kappa shape index (κ2) is 29.9. The highest BCUT2D eigenvalue weighted by atomic mass is 16.3. The minimum absolute atomic E-state index is 0.149.